The van der Waals surface area contributed by atoms with Gasteiger partial charge in [-0.3, -0.25) is 0 Å². The maximum atomic E-state index is 9.21. The Labute approximate surface area is 134 Å². The number of nitrogens with one attached hydrogen (secondary N) is 1. The molecule has 4 heteroatoms. The summed E-state index contributed by atoms with van der Waals surface area (Å²) in [6.07, 6.45) is 0.592. The highest BCUT2D eigenvalue weighted by molar-refractivity contribution is 7.09. The van der Waals surface area contributed by atoms with Crippen LogP contribution in [0.1, 0.15) is 11.9 Å². The Morgan fingerprint density at radius 3 is 2.82 bits per heavy atom. The average molecular weight is 312 g/mol. The van der Waals surface area contributed by atoms with Gasteiger partial charge in [0.15, 0.2) is 0 Å². The van der Waals surface area contributed by atoms with Crippen LogP contribution in [0.5, 0.6) is 0 Å². The van der Waals surface area contributed by atoms with Crippen LogP contribution in [-0.2, 0) is 6.42 Å². The van der Waals surface area contributed by atoms with Crippen molar-refractivity contribution in [1.82, 2.24) is 10.3 Å². The molecule has 0 aliphatic carbocycles. The third kappa shape index (κ3) is 3.71. The lowest BCUT2D eigenvalue weighted by atomic mass is 10.1. The lowest BCUT2D eigenvalue weighted by Gasteiger charge is -2.05. The van der Waals surface area contributed by atoms with Crippen molar-refractivity contribution in [2.75, 3.05) is 13.1 Å². The predicted molar refractivity (Wildman–Crippen MR) is 93.3 cm³/mol. The number of aromatic nitrogens is 1. The molecule has 1 heterocycles. The van der Waals surface area contributed by atoms with Gasteiger partial charge in [0, 0.05) is 30.5 Å². The summed E-state index contributed by atoms with van der Waals surface area (Å²) < 4.78 is 0. The van der Waals surface area contributed by atoms with Crippen LogP contribution in [0.3, 0.4) is 0 Å². The van der Waals surface area contributed by atoms with E-state index in [1.807, 2.05) is 0 Å². The zero-order chi connectivity index (χ0) is 15.4. The molecule has 2 N–H and O–H groups in total. The maximum absolute atomic E-state index is 9.21. The third-order valence-electron chi connectivity index (χ3n) is 3.55. The first kappa shape index (κ1) is 15.2. The molecule has 114 valence electrons. The monoisotopic (exact) mass is 312 g/mol. The second-order valence-corrected chi connectivity index (χ2v) is 6.43. The minimum absolute atomic E-state index is 0.301. The number of aliphatic hydroxyl groups excluding tert-OH is 1. The van der Waals surface area contributed by atoms with Gasteiger partial charge < -0.3 is 10.4 Å². The fourth-order valence-corrected chi connectivity index (χ4v) is 3.22. The number of hydrogen-bond donors (Lipinski definition) is 2. The molecule has 0 aliphatic heterocycles. The number of fused-ring (bicyclic) bond motifs is 1. The van der Waals surface area contributed by atoms with Crippen LogP contribution >= 0.6 is 11.3 Å². The SMILES string of the molecule is CC(O)CNCCc1nc(-c2ccc3ccccc3c2)cs1. The smallest absolute Gasteiger partial charge is 0.0945 e. The van der Waals surface area contributed by atoms with Crippen molar-refractivity contribution in [3.8, 4) is 11.3 Å². The van der Waals surface area contributed by atoms with Crippen LogP contribution in [-0.4, -0.2) is 29.3 Å². The first-order valence-corrected chi connectivity index (χ1v) is 8.43. The largest absolute Gasteiger partial charge is 0.392 e. The summed E-state index contributed by atoms with van der Waals surface area (Å²) in [4.78, 5) is 4.72. The molecule has 2 aromatic carbocycles. The van der Waals surface area contributed by atoms with Gasteiger partial charge in [0.05, 0.1) is 16.8 Å². The Hall–Kier alpha value is -1.75. The molecule has 1 atom stereocenters. The molecular formula is C18H20N2OS. The van der Waals surface area contributed by atoms with Crippen LogP contribution < -0.4 is 5.32 Å². The molecule has 1 unspecified atom stereocenters. The molecule has 3 rings (SSSR count). The molecule has 0 fully saturated rings. The molecule has 0 spiro atoms. The normalized spacial score (nSPS) is 12.6. The van der Waals surface area contributed by atoms with Gasteiger partial charge in [-0.25, -0.2) is 4.98 Å². The van der Waals surface area contributed by atoms with E-state index in [9.17, 15) is 5.11 Å². The molecule has 0 radical (unpaired) electrons. The molecular weight excluding hydrogens is 292 g/mol. The number of thiazole rings is 1. The highest BCUT2D eigenvalue weighted by Gasteiger charge is 2.05. The third-order valence-corrected chi connectivity index (χ3v) is 4.46. The summed E-state index contributed by atoms with van der Waals surface area (Å²) in [5.41, 5.74) is 2.21. The van der Waals surface area contributed by atoms with E-state index in [1.165, 1.54) is 10.8 Å². The lowest BCUT2D eigenvalue weighted by Crippen LogP contribution is -2.26. The Morgan fingerprint density at radius 2 is 2.00 bits per heavy atom. The number of hydrogen-bond acceptors (Lipinski definition) is 4. The Bertz CT molecular complexity index is 751. The Kier molecular flexibility index (Phi) is 4.83. The average Bonchev–Trinajstić information content (AvgIpc) is 3.00. The van der Waals surface area contributed by atoms with Crippen LogP contribution in [0.2, 0.25) is 0 Å². The van der Waals surface area contributed by atoms with Gasteiger partial charge in [-0.2, -0.15) is 0 Å². The summed E-state index contributed by atoms with van der Waals surface area (Å²) in [6, 6.07) is 14.8. The summed E-state index contributed by atoms with van der Waals surface area (Å²) in [6.45, 7) is 3.26. The zero-order valence-corrected chi connectivity index (χ0v) is 13.4. The van der Waals surface area contributed by atoms with Gasteiger partial charge in [-0.1, -0.05) is 36.4 Å². The zero-order valence-electron chi connectivity index (χ0n) is 12.6. The topological polar surface area (TPSA) is 45.1 Å². The molecule has 3 aromatic rings. The van der Waals surface area contributed by atoms with E-state index >= 15 is 0 Å². The standard InChI is InChI=1S/C18H20N2OS/c1-13(21)11-19-9-8-18-20-17(12-22-18)16-7-6-14-4-2-3-5-15(14)10-16/h2-7,10,12-13,19,21H,8-9,11H2,1H3. The van der Waals surface area contributed by atoms with E-state index in [-0.39, 0.29) is 6.10 Å². The van der Waals surface area contributed by atoms with E-state index in [4.69, 9.17) is 4.98 Å². The quantitative estimate of drug-likeness (QED) is 0.685. The van der Waals surface area contributed by atoms with Gasteiger partial charge >= 0.3 is 0 Å². The van der Waals surface area contributed by atoms with Crippen LogP contribution in [0, 0.1) is 0 Å². The summed E-state index contributed by atoms with van der Waals surface area (Å²) in [5, 5.41) is 18.2. The van der Waals surface area contributed by atoms with Gasteiger partial charge in [0.25, 0.3) is 0 Å². The van der Waals surface area contributed by atoms with Crippen LogP contribution in [0.25, 0.3) is 22.0 Å². The van der Waals surface area contributed by atoms with E-state index < -0.39 is 0 Å². The van der Waals surface area contributed by atoms with Crippen LogP contribution in [0.4, 0.5) is 0 Å². The van der Waals surface area contributed by atoms with Crippen molar-refractivity contribution >= 4 is 22.1 Å². The summed E-state index contributed by atoms with van der Waals surface area (Å²) in [7, 11) is 0. The van der Waals surface area contributed by atoms with Crippen molar-refractivity contribution in [1.29, 1.82) is 0 Å². The minimum Gasteiger partial charge on any atom is -0.392 e. The molecule has 0 amide bonds. The minimum atomic E-state index is -0.301. The van der Waals surface area contributed by atoms with Crippen LogP contribution in [0.15, 0.2) is 47.8 Å². The number of aliphatic hydroxyl groups is 1. The molecule has 1 aromatic heterocycles. The van der Waals surface area contributed by atoms with E-state index in [2.05, 4.69) is 53.2 Å². The molecule has 0 bridgehead atoms. The van der Waals surface area contributed by atoms with E-state index in [1.54, 1.807) is 18.3 Å². The van der Waals surface area contributed by atoms with Gasteiger partial charge in [-0.15, -0.1) is 11.3 Å². The molecule has 0 saturated carbocycles. The van der Waals surface area contributed by atoms with E-state index in [0.29, 0.717) is 6.54 Å². The predicted octanol–water partition coefficient (Wildman–Crippen LogP) is 3.48. The number of rotatable bonds is 6. The fourth-order valence-electron chi connectivity index (χ4n) is 2.41. The van der Waals surface area contributed by atoms with E-state index in [0.717, 1.165) is 29.2 Å². The Balaban J connectivity index is 1.69. The fraction of sp³-hybridized carbons (Fsp3) is 0.278. The van der Waals surface area contributed by atoms with Crippen molar-refractivity contribution in [3.05, 3.63) is 52.9 Å². The first-order chi connectivity index (χ1) is 10.7. The van der Waals surface area contributed by atoms with Crippen molar-refractivity contribution < 1.29 is 5.11 Å². The summed E-state index contributed by atoms with van der Waals surface area (Å²) in [5.74, 6) is 0. The molecule has 0 aliphatic rings. The maximum Gasteiger partial charge on any atom is 0.0945 e. The molecule has 22 heavy (non-hydrogen) atoms. The second kappa shape index (κ2) is 7.01. The lowest BCUT2D eigenvalue weighted by molar-refractivity contribution is 0.191. The summed E-state index contributed by atoms with van der Waals surface area (Å²) >= 11 is 1.69. The molecule has 0 saturated heterocycles. The first-order valence-electron chi connectivity index (χ1n) is 7.55. The molecule has 3 nitrogen and oxygen atoms in total. The number of benzene rings is 2. The van der Waals surface area contributed by atoms with Crippen molar-refractivity contribution in [2.45, 2.75) is 19.4 Å². The van der Waals surface area contributed by atoms with Gasteiger partial charge in [0.2, 0.25) is 0 Å². The second-order valence-electron chi connectivity index (χ2n) is 5.49. The van der Waals surface area contributed by atoms with Crippen molar-refractivity contribution in [3.63, 3.8) is 0 Å². The highest BCUT2D eigenvalue weighted by atomic mass is 32.1. The highest BCUT2D eigenvalue weighted by Crippen LogP contribution is 2.25. The van der Waals surface area contributed by atoms with Gasteiger partial charge in [-0.05, 0) is 23.8 Å². The van der Waals surface area contributed by atoms with Gasteiger partial charge in [0.1, 0.15) is 0 Å². The Morgan fingerprint density at radius 1 is 1.18 bits per heavy atom. The van der Waals surface area contributed by atoms with Crippen molar-refractivity contribution in [2.24, 2.45) is 0 Å². The number of nitrogens with zero attached hydrogens (tertiary/aromatic N) is 1.